The van der Waals surface area contributed by atoms with Gasteiger partial charge in [-0.15, -0.1) is 0 Å². The third kappa shape index (κ3) is 3.40. The molecule has 0 unspecified atom stereocenters. The van der Waals surface area contributed by atoms with Crippen LogP contribution in [0, 0.1) is 17.8 Å². The second-order valence-electron chi connectivity index (χ2n) is 7.00. The predicted molar refractivity (Wildman–Crippen MR) is 98.8 cm³/mol. The predicted octanol–water partition coefficient (Wildman–Crippen LogP) is 2.18. The van der Waals surface area contributed by atoms with E-state index in [-0.39, 0.29) is 29.4 Å². The Kier molecular flexibility index (Phi) is 4.26. The van der Waals surface area contributed by atoms with E-state index in [2.05, 4.69) is 22.3 Å². The molecule has 1 aromatic heterocycles. The lowest BCUT2D eigenvalue weighted by molar-refractivity contribution is -0.178. The lowest BCUT2D eigenvalue weighted by Gasteiger charge is -2.37. The van der Waals surface area contributed by atoms with Crippen LogP contribution >= 0.6 is 0 Å². The van der Waals surface area contributed by atoms with E-state index in [1.807, 2.05) is 5.32 Å². The summed E-state index contributed by atoms with van der Waals surface area (Å²) in [5.41, 5.74) is 2.51. The van der Waals surface area contributed by atoms with E-state index >= 15 is 0 Å². The van der Waals surface area contributed by atoms with Gasteiger partial charge in [0, 0.05) is 23.4 Å². The summed E-state index contributed by atoms with van der Waals surface area (Å²) in [7, 11) is 0. The Morgan fingerprint density at radius 1 is 1.28 bits per heavy atom. The van der Waals surface area contributed by atoms with Crippen molar-refractivity contribution in [3.8, 4) is 11.8 Å². The molecule has 1 aliphatic carbocycles. The van der Waals surface area contributed by atoms with Crippen LogP contribution in [0.4, 0.5) is 29.3 Å². The normalized spacial score (nSPS) is 20.7. The van der Waals surface area contributed by atoms with Gasteiger partial charge < -0.3 is 16.4 Å². The summed E-state index contributed by atoms with van der Waals surface area (Å²) in [6.45, 7) is -0.0206. The minimum absolute atomic E-state index is 0.00176. The third-order valence-corrected chi connectivity index (χ3v) is 4.78. The number of benzene rings is 1. The highest BCUT2D eigenvalue weighted by Gasteiger charge is 2.59. The number of nitrogens with two attached hydrogens (primary N) is 1. The second kappa shape index (κ2) is 6.55. The van der Waals surface area contributed by atoms with Gasteiger partial charge in [-0.2, -0.15) is 18.3 Å². The van der Waals surface area contributed by atoms with Gasteiger partial charge in [-0.3, -0.25) is 4.79 Å². The van der Waals surface area contributed by atoms with E-state index in [4.69, 9.17) is 5.73 Å². The standard InChI is InChI=1S/C19H16F3N5O2/c20-19(21,22)18(7-5-11-1-2-11)13-4-3-12(9-15(13)25-17(29)26-18)10-27-16(28)14(23)6-8-24-27/h3-4,6,8-9,11H,1-2,10,23H2,(H2,25,26,29)/t18-/m0/s1. The molecule has 1 saturated carbocycles. The molecule has 150 valence electrons. The first-order valence-corrected chi connectivity index (χ1v) is 8.83. The maximum atomic E-state index is 14.0. The fraction of sp³-hybridized carbons (Fsp3) is 0.316. The maximum Gasteiger partial charge on any atom is 0.427 e. The van der Waals surface area contributed by atoms with E-state index in [0.29, 0.717) is 5.56 Å². The molecular formula is C19H16F3N5O2. The van der Waals surface area contributed by atoms with Gasteiger partial charge in [0.05, 0.1) is 6.54 Å². The number of alkyl halides is 3. The highest BCUT2D eigenvalue weighted by atomic mass is 19.4. The van der Waals surface area contributed by atoms with E-state index in [0.717, 1.165) is 17.5 Å². The highest BCUT2D eigenvalue weighted by molar-refractivity contribution is 5.95. The topological polar surface area (TPSA) is 102 Å². The summed E-state index contributed by atoms with van der Waals surface area (Å²) in [5.74, 6) is 4.82. The summed E-state index contributed by atoms with van der Waals surface area (Å²) < 4.78 is 43.2. The van der Waals surface area contributed by atoms with E-state index < -0.39 is 23.3 Å². The molecule has 4 rings (SSSR count). The molecule has 29 heavy (non-hydrogen) atoms. The Hall–Kier alpha value is -3.48. The van der Waals surface area contributed by atoms with Gasteiger partial charge in [0.15, 0.2) is 0 Å². The Balaban J connectivity index is 1.78. The van der Waals surface area contributed by atoms with Gasteiger partial charge in [-0.25, -0.2) is 9.48 Å². The Bertz CT molecular complexity index is 1110. The SMILES string of the molecule is Nc1ccnn(Cc2ccc3c(c2)NC(=O)N[C@]3(C#CC2CC2)C(F)(F)F)c1=O. The number of carbonyl (C=O) groups is 1. The lowest BCUT2D eigenvalue weighted by Crippen LogP contribution is -2.59. The Labute approximate surface area is 163 Å². The van der Waals surface area contributed by atoms with Gasteiger partial charge in [0.1, 0.15) is 5.69 Å². The molecule has 0 radical (unpaired) electrons. The number of halogens is 3. The Morgan fingerprint density at radius 3 is 2.72 bits per heavy atom. The molecule has 4 N–H and O–H groups in total. The first kappa shape index (κ1) is 18.9. The quantitative estimate of drug-likeness (QED) is 0.669. The van der Waals surface area contributed by atoms with Crippen LogP contribution in [0.15, 0.2) is 35.3 Å². The van der Waals surface area contributed by atoms with Crippen LogP contribution in [0.2, 0.25) is 0 Å². The third-order valence-electron chi connectivity index (χ3n) is 4.78. The van der Waals surface area contributed by atoms with Crippen molar-refractivity contribution in [2.24, 2.45) is 5.92 Å². The van der Waals surface area contributed by atoms with E-state index in [1.54, 1.807) is 0 Å². The van der Waals surface area contributed by atoms with Crippen LogP contribution < -0.4 is 21.9 Å². The van der Waals surface area contributed by atoms with Crippen molar-refractivity contribution in [1.82, 2.24) is 15.1 Å². The van der Waals surface area contributed by atoms with Crippen LogP contribution in [-0.2, 0) is 12.1 Å². The zero-order valence-corrected chi connectivity index (χ0v) is 15.0. The molecule has 0 spiro atoms. The molecule has 10 heteroatoms. The molecule has 2 amide bonds. The van der Waals surface area contributed by atoms with Crippen molar-refractivity contribution < 1.29 is 18.0 Å². The zero-order chi connectivity index (χ0) is 20.8. The van der Waals surface area contributed by atoms with E-state index in [9.17, 15) is 22.8 Å². The number of nitrogens with one attached hydrogen (secondary N) is 2. The smallest absolute Gasteiger partial charge is 0.394 e. The molecule has 0 saturated heterocycles. The number of nitrogen functional groups attached to an aromatic ring is 1. The van der Waals surface area contributed by atoms with Gasteiger partial charge in [0.2, 0.25) is 5.54 Å². The van der Waals surface area contributed by atoms with Gasteiger partial charge >= 0.3 is 12.2 Å². The molecule has 2 heterocycles. The molecular weight excluding hydrogens is 387 g/mol. The molecule has 1 atom stereocenters. The van der Waals surface area contributed by atoms with Crippen LogP contribution in [-0.4, -0.2) is 22.0 Å². The molecule has 1 aliphatic heterocycles. The summed E-state index contributed by atoms with van der Waals surface area (Å²) in [4.78, 5) is 24.1. The summed E-state index contributed by atoms with van der Waals surface area (Å²) in [6.07, 6.45) is -1.97. The van der Waals surface area contributed by atoms with Crippen molar-refractivity contribution in [2.45, 2.75) is 31.1 Å². The summed E-state index contributed by atoms with van der Waals surface area (Å²) in [5, 5.41) is 8.26. The monoisotopic (exact) mass is 403 g/mol. The van der Waals surface area contributed by atoms with Crippen LogP contribution in [0.3, 0.4) is 0 Å². The number of hydrogen-bond donors (Lipinski definition) is 3. The number of urea groups is 1. The van der Waals surface area contributed by atoms with Gasteiger partial charge in [-0.1, -0.05) is 24.0 Å². The molecule has 0 bridgehead atoms. The number of nitrogens with zero attached hydrogens (tertiary/aromatic N) is 2. The summed E-state index contributed by atoms with van der Waals surface area (Å²) >= 11 is 0. The maximum absolute atomic E-state index is 14.0. The molecule has 2 aromatic rings. The number of hydrogen-bond acceptors (Lipinski definition) is 4. The minimum atomic E-state index is -4.82. The average Bonchev–Trinajstić information content (AvgIpc) is 3.46. The van der Waals surface area contributed by atoms with Crippen LogP contribution in [0.1, 0.15) is 24.0 Å². The van der Waals surface area contributed by atoms with Crippen molar-refractivity contribution in [3.63, 3.8) is 0 Å². The number of rotatable bonds is 2. The van der Waals surface area contributed by atoms with Gasteiger partial charge in [-0.05, 0) is 30.5 Å². The van der Waals surface area contributed by atoms with Crippen LogP contribution in [0.25, 0.3) is 0 Å². The molecule has 2 aliphatic rings. The fourth-order valence-electron chi connectivity index (χ4n) is 3.09. The second-order valence-corrected chi connectivity index (χ2v) is 7.00. The van der Waals surface area contributed by atoms with Gasteiger partial charge in [0.25, 0.3) is 5.56 Å². The molecule has 1 aromatic carbocycles. The van der Waals surface area contributed by atoms with Crippen molar-refractivity contribution in [3.05, 3.63) is 51.9 Å². The van der Waals surface area contributed by atoms with Crippen molar-refractivity contribution >= 4 is 17.4 Å². The van der Waals surface area contributed by atoms with Crippen molar-refractivity contribution in [2.75, 3.05) is 11.1 Å². The largest absolute Gasteiger partial charge is 0.427 e. The highest BCUT2D eigenvalue weighted by Crippen LogP contribution is 2.44. The van der Waals surface area contributed by atoms with Crippen LogP contribution in [0.5, 0.6) is 0 Å². The Morgan fingerprint density at radius 2 is 2.03 bits per heavy atom. The first-order valence-electron chi connectivity index (χ1n) is 8.83. The lowest BCUT2D eigenvalue weighted by atomic mass is 9.85. The average molecular weight is 403 g/mol. The number of fused-ring (bicyclic) bond motifs is 1. The number of carbonyl (C=O) groups excluding carboxylic acids is 1. The number of aromatic nitrogens is 2. The zero-order valence-electron chi connectivity index (χ0n) is 15.0. The number of anilines is 2. The molecule has 7 nitrogen and oxygen atoms in total. The molecule has 1 fully saturated rings. The summed E-state index contributed by atoms with van der Waals surface area (Å²) in [6, 6.07) is 4.42. The minimum Gasteiger partial charge on any atom is -0.394 e. The first-order chi connectivity index (χ1) is 13.7. The number of amides is 2. The van der Waals surface area contributed by atoms with Crippen molar-refractivity contribution in [1.29, 1.82) is 0 Å². The fourth-order valence-corrected chi connectivity index (χ4v) is 3.09. The van der Waals surface area contributed by atoms with E-state index in [1.165, 1.54) is 30.5 Å².